The van der Waals surface area contributed by atoms with Gasteiger partial charge in [0.15, 0.2) is 0 Å². The van der Waals surface area contributed by atoms with Gasteiger partial charge >= 0.3 is 0 Å². The number of hydrogen-bond acceptors (Lipinski definition) is 3. The second-order valence-corrected chi connectivity index (χ2v) is 6.87. The highest BCUT2D eigenvalue weighted by atomic mass is 16.3. The van der Waals surface area contributed by atoms with Crippen LogP contribution in [0.4, 0.5) is 0 Å². The summed E-state index contributed by atoms with van der Waals surface area (Å²) in [5.41, 5.74) is 8.27. The first-order chi connectivity index (χ1) is 8.90. The van der Waals surface area contributed by atoms with Crippen LogP contribution in [0.15, 0.2) is 18.5 Å². The van der Waals surface area contributed by atoms with Gasteiger partial charge in [0.2, 0.25) is 0 Å². The number of pyridine rings is 1. The fourth-order valence-electron chi connectivity index (χ4n) is 3.11. The largest absolute Gasteiger partial charge is 0.388 e. The van der Waals surface area contributed by atoms with E-state index in [1.165, 1.54) is 0 Å². The SMILES string of the molecule is Cc1ccncc1C(O)C1(CN)CCC(C)(C)CC1. The smallest absolute Gasteiger partial charge is 0.0875 e. The van der Waals surface area contributed by atoms with E-state index in [1.54, 1.807) is 12.4 Å². The number of nitrogens with two attached hydrogens (primary N) is 1. The van der Waals surface area contributed by atoms with E-state index in [-0.39, 0.29) is 5.41 Å². The third-order valence-electron chi connectivity index (χ3n) is 4.96. The Bertz CT molecular complexity index is 432. The van der Waals surface area contributed by atoms with Crippen molar-refractivity contribution in [2.24, 2.45) is 16.6 Å². The minimum absolute atomic E-state index is 0.177. The van der Waals surface area contributed by atoms with Gasteiger partial charge in [0.1, 0.15) is 0 Å². The molecule has 0 bridgehead atoms. The van der Waals surface area contributed by atoms with E-state index < -0.39 is 6.10 Å². The van der Waals surface area contributed by atoms with Crippen LogP contribution in [0.1, 0.15) is 56.8 Å². The zero-order chi connectivity index (χ0) is 14.1. The van der Waals surface area contributed by atoms with Gasteiger partial charge in [0.05, 0.1) is 6.10 Å². The van der Waals surface area contributed by atoms with Crippen molar-refractivity contribution < 1.29 is 5.11 Å². The lowest BCUT2D eigenvalue weighted by Crippen LogP contribution is -2.42. The lowest BCUT2D eigenvalue weighted by molar-refractivity contribution is -0.0240. The average molecular weight is 262 g/mol. The van der Waals surface area contributed by atoms with Crippen LogP contribution in [-0.2, 0) is 0 Å². The Labute approximate surface area is 116 Å². The normalized spacial score (nSPS) is 23.0. The summed E-state index contributed by atoms with van der Waals surface area (Å²) in [6, 6.07) is 1.95. The van der Waals surface area contributed by atoms with Gasteiger partial charge < -0.3 is 10.8 Å². The van der Waals surface area contributed by atoms with Crippen LogP contribution in [0.3, 0.4) is 0 Å². The van der Waals surface area contributed by atoms with Crippen molar-refractivity contribution in [2.45, 2.75) is 52.6 Å². The van der Waals surface area contributed by atoms with Crippen molar-refractivity contribution in [1.82, 2.24) is 4.98 Å². The van der Waals surface area contributed by atoms with Crippen LogP contribution in [-0.4, -0.2) is 16.6 Å². The van der Waals surface area contributed by atoms with Gasteiger partial charge in [0, 0.05) is 29.9 Å². The zero-order valence-corrected chi connectivity index (χ0v) is 12.3. The molecular weight excluding hydrogens is 236 g/mol. The summed E-state index contributed by atoms with van der Waals surface area (Å²) < 4.78 is 0. The number of hydrogen-bond donors (Lipinski definition) is 2. The molecule has 1 atom stereocenters. The second kappa shape index (κ2) is 5.22. The summed E-state index contributed by atoms with van der Waals surface area (Å²) in [4.78, 5) is 4.15. The first kappa shape index (κ1) is 14.5. The van der Waals surface area contributed by atoms with Gasteiger partial charge in [-0.05, 0) is 49.7 Å². The molecule has 19 heavy (non-hydrogen) atoms. The summed E-state index contributed by atoms with van der Waals surface area (Å²) in [5.74, 6) is 0. The van der Waals surface area contributed by atoms with Gasteiger partial charge in [-0.3, -0.25) is 4.98 Å². The highest BCUT2D eigenvalue weighted by Gasteiger charge is 2.43. The standard InChI is InChI=1S/C16H26N2O/c1-12-4-9-18-10-13(12)14(19)16(11-17)7-5-15(2,3)6-8-16/h4,9-10,14,19H,5-8,11,17H2,1-3H3. The van der Waals surface area contributed by atoms with E-state index in [9.17, 15) is 5.11 Å². The second-order valence-electron chi connectivity index (χ2n) is 6.87. The van der Waals surface area contributed by atoms with Gasteiger partial charge in [-0.2, -0.15) is 0 Å². The van der Waals surface area contributed by atoms with Crippen LogP contribution < -0.4 is 5.73 Å². The van der Waals surface area contributed by atoms with Crippen LogP contribution >= 0.6 is 0 Å². The van der Waals surface area contributed by atoms with Gasteiger partial charge in [-0.1, -0.05) is 13.8 Å². The Morgan fingerprint density at radius 2 is 1.95 bits per heavy atom. The summed E-state index contributed by atoms with van der Waals surface area (Å²) in [6.45, 7) is 7.17. The Balaban J connectivity index is 2.25. The van der Waals surface area contributed by atoms with E-state index >= 15 is 0 Å². The van der Waals surface area contributed by atoms with Gasteiger partial charge in [0.25, 0.3) is 0 Å². The number of aryl methyl sites for hydroxylation is 1. The highest BCUT2D eigenvalue weighted by molar-refractivity contribution is 5.26. The molecule has 0 amide bonds. The van der Waals surface area contributed by atoms with Gasteiger partial charge in [-0.15, -0.1) is 0 Å². The molecule has 1 saturated carbocycles. The molecule has 2 rings (SSSR count). The molecule has 3 N–H and O–H groups in total. The highest BCUT2D eigenvalue weighted by Crippen LogP contribution is 2.50. The van der Waals surface area contributed by atoms with Crippen LogP contribution in [0, 0.1) is 17.8 Å². The van der Waals surface area contributed by atoms with Crippen molar-refractivity contribution in [1.29, 1.82) is 0 Å². The maximum absolute atomic E-state index is 10.8. The first-order valence-electron chi connectivity index (χ1n) is 7.19. The molecule has 1 fully saturated rings. The van der Waals surface area contributed by atoms with E-state index in [4.69, 9.17) is 5.73 Å². The molecule has 1 aliphatic carbocycles. The van der Waals surface area contributed by atoms with Crippen LogP contribution in [0.25, 0.3) is 0 Å². The van der Waals surface area contributed by atoms with Crippen molar-refractivity contribution in [3.05, 3.63) is 29.6 Å². The number of nitrogens with zero attached hydrogens (tertiary/aromatic N) is 1. The third-order valence-corrected chi connectivity index (χ3v) is 4.96. The Morgan fingerprint density at radius 3 is 2.47 bits per heavy atom. The van der Waals surface area contributed by atoms with E-state index in [1.807, 2.05) is 13.0 Å². The molecule has 0 saturated heterocycles. The molecule has 1 unspecified atom stereocenters. The number of aliphatic hydroxyl groups excluding tert-OH is 1. The Kier molecular flexibility index (Phi) is 3.98. The van der Waals surface area contributed by atoms with Crippen molar-refractivity contribution in [3.63, 3.8) is 0 Å². The molecule has 0 aromatic carbocycles. The van der Waals surface area contributed by atoms with E-state index in [0.717, 1.165) is 36.8 Å². The minimum atomic E-state index is -0.498. The van der Waals surface area contributed by atoms with Crippen LogP contribution in [0.5, 0.6) is 0 Å². The summed E-state index contributed by atoms with van der Waals surface area (Å²) >= 11 is 0. The molecule has 1 aliphatic rings. The third kappa shape index (κ3) is 2.82. The minimum Gasteiger partial charge on any atom is -0.388 e. The van der Waals surface area contributed by atoms with E-state index in [0.29, 0.717) is 12.0 Å². The fraction of sp³-hybridized carbons (Fsp3) is 0.688. The lowest BCUT2D eigenvalue weighted by Gasteiger charge is -2.46. The topological polar surface area (TPSA) is 59.1 Å². The van der Waals surface area contributed by atoms with Crippen molar-refractivity contribution in [2.75, 3.05) is 6.54 Å². The summed E-state index contributed by atoms with van der Waals surface area (Å²) in [6.07, 6.45) is 7.29. The molecule has 1 heterocycles. The molecule has 3 heteroatoms. The van der Waals surface area contributed by atoms with Crippen molar-refractivity contribution >= 4 is 0 Å². The summed E-state index contributed by atoms with van der Waals surface area (Å²) in [7, 11) is 0. The zero-order valence-electron chi connectivity index (χ0n) is 12.3. The van der Waals surface area contributed by atoms with Crippen LogP contribution in [0.2, 0.25) is 0 Å². The van der Waals surface area contributed by atoms with E-state index in [2.05, 4.69) is 18.8 Å². The predicted octanol–water partition coefficient (Wildman–Crippen LogP) is 2.97. The number of aromatic nitrogens is 1. The molecular formula is C16H26N2O. The monoisotopic (exact) mass is 262 g/mol. The number of aliphatic hydroxyl groups is 1. The maximum atomic E-state index is 10.8. The predicted molar refractivity (Wildman–Crippen MR) is 77.7 cm³/mol. The molecule has 0 aliphatic heterocycles. The Hall–Kier alpha value is -0.930. The molecule has 1 aromatic heterocycles. The lowest BCUT2D eigenvalue weighted by atomic mass is 9.61. The fourth-order valence-corrected chi connectivity index (χ4v) is 3.11. The summed E-state index contributed by atoms with van der Waals surface area (Å²) in [5, 5.41) is 10.8. The molecule has 1 aromatic rings. The number of rotatable bonds is 3. The quantitative estimate of drug-likeness (QED) is 0.880. The average Bonchev–Trinajstić information content (AvgIpc) is 2.39. The van der Waals surface area contributed by atoms with Gasteiger partial charge in [-0.25, -0.2) is 0 Å². The first-order valence-corrected chi connectivity index (χ1v) is 7.19. The maximum Gasteiger partial charge on any atom is 0.0875 e. The Morgan fingerprint density at radius 1 is 1.32 bits per heavy atom. The molecule has 0 spiro atoms. The molecule has 0 radical (unpaired) electrons. The molecule has 3 nitrogen and oxygen atoms in total. The molecule has 106 valence electrons. The van der Waals surface area contributed by atoms with Crippen molar-refractivity contribution in [3.8, 4) is 0 Å².